The van der Waals surface area contributed by atoms with E-state index in [1.165, 1.54) is 0 Å². The summed E-state index contributed by atoms with van der Waals surface area (Å²) in [6, 6.07) is 0. The third-order valence-corrected chi connectivity index (χ3v) is 3.83. The molecule has 0 aliphatic heterocycles. The minimum Gasteiger partial charge on any atom is -0.344 e. The first-order valence-corrected chi connectivity index (χ1v) is 9.59. The highest BCUT2D eigenvalue weighted by Gasteiger charge is 2.13. The molecule has 0 N–H and O–H groups in total. The van der Waals surface area contributed by atoms with Crippen molar-refractivity contribution in [2.45, 2.75) is 41.5 Å². The topological polar surface area (TPSA) is 4.93 Å². The minimum atomic E-state index is 0.333. The molecule has 1 heterocycles. The molecule has 0 aliphatic carbocycles. The lowest BCUT2D eigenvalue weighted by atomic mass is 10.1. The van der Waals surface area contributed by atoms with Gasteiger partial charge in [0, 0.05) is 29.6 Å². The largest absolute Gasteiger partial charge is 0.344 e. The predicted octanol–water partition coefficient (Wildman–Crippen LogP) is 8.03. The van der Waals surface area contributed by atoms with E-state index >= 15 is 0 Å². The Labute approximate surface area is 162 Å². The van der Waals surface area contributed by atoms with Gasteiger partial charge in [-0.3, -0.25) is 0 Å². The van der Waals surface area contributed by atoms with Crippen LogP contribution < -0.4 is 0 Å². The first-order chi connectivity index (χ1) is 12.5. The summed E-state index contributed by atoms with van der Waals surface area (Å²) in [6.45, 7) is 27.8. The van der Waals surface area contributed by atoms with Crippen LogP contribution in [0.25, 0.3) is 24.3 Å². The summed E-state index contributed by atoms with van der Waals surface area (Å²) in [5, 5.41) is 0. The zero-order chi connectivity index (χ0) is 20.7. The summed E-state index contributed by atoms with van der Waals surface area (Å²) < 4.78 is 2.17. The highest BCUT2D eigenvalue weighted by Crippen LogP contribution is 2.27. The lowest BCUT2D eigenvalue weighted by Gasteiger charge is -2.04. The summed E-state index contributed by atoms with van der Waals surface area (Å²) in [6.07, 6.45) is 16.2. The molecule has 2 unspecified atom stereocenters. The van der Waals surface area contributed by atoms with Gasteiger partial charge in [0.05, 0.1) is 0 Å². The second-order valence-corrected chi connectivity index (χ2v) is 5.47. The second kappa shape index (κ2) is 15.0. The first kappa shape index (κ1) is 26.0. The van der Waals surface area contributed by atoms with Crippen LogP contribution in [0.15, 0.2) is 50.6 Å². The number of hydrogen-bond acceptors (Lipinski definition) is 0. The Kier molecular flexibility index (Phi) is 15.0. The fraction of sp³-hybridized carbons (Fsp3) is 0.360. The van der Waals surface area contributed by atoms with Gasteiger partial charge >= 0.3 is 0 Å². The van der Waals surface area contributed by atoms with Crippen molar-refractivity contribution in [3.63, 3.8) is 0 Å². The summed E-state index contributed by atoms with van der Waals surface area (Å²) in [4.78, 5) is 0. The SMILES string of the molecule is C=Cc1c(C=C)c(/C=C\C(C)C=C)n(C)c1/C=C\C(C)C=C.CC.CC. The van der Waals surface area contributed by atoms with Crippen LogP contribution in [0, 0.1) is 11.8 Å². The number of allylic oxidation sites excluding steroid dienone is 4. The Hall–Kier alpha value is -2.28. The van der Waals surface area contributed by atoms with Crippen LogP contribution in [0.5, 0.6) is 0 Å². The van der Waals surface area contributed by atoms with Gasteiger partial charge in [0.25, 0.3) is 0 Å². The van der Waals surface area contributed by atoms with Gasteiger partial charge in [-0.15, -0.1) is 13.2 Å². The van der Waals surface area contributed by atoms with Gasteiger partial charge < -0.3 is 4.57 Å². The Morgan fingerprint density at radius 2 is 1.00 bits per heavy atom. The molecular formula is C25H39N. The van der Waals surface area contributed by atoms with Crippen molar-refractivity contribution in [3.8, 4) is 0 Å². The van der Waals surface area contributed by atoms with Crippen molar-refractivity contribution in [1.29, 1.82) is 0 Å². The van der Waals surface area contributed by atoms with Crippen LogP contribution >= 0.6 is 0 Å². The molecule has 0 aliphatic rings. The molecule has 0 amide bonds. The van der Waals surface area contributed by atoms with Gasteiger partial charge in [-0.1, -0.05) is 91.2 Å². The van der Waals surface area contributed by atoms with E-state index in [9.17, 15) is 0 Å². The minimum absolute atomic E-state index is 0.333. The normalized spacial score (nSPS) is 12.4. The highest BCUT2D eigenvalue weighted by molar-refractivity contribution is 5.78. The van der Waals surface area contributed by atoms with Crippen molar-refractivity contribution in [2.75, 3.05) is 0 Å². The Morgan fingerprint density at radius 3 is 1.23 bits per heavy atom. The highest BCUT2D eigenvalue weighted by atomic mass is 15.0. The summed E-state index contributed by atoms with van der Waals surface area (Å²) in [5.74, 6) is 0.666. The van der Waals surface area contributed by atoms with Crippen LogP contribution in [0.3, 0.4) is 0 Å². The van der Waals surface area contributed by atoms with Gasteiger partial charge in [0.15, 0.2) is 0 Å². The molecular weight excluding hydrogens is 314 g/mol. The van der Waals surface area contributed by atoms with E-state index in [1.54, 1.807) is 0 Å². The fourth-order valence-electron chi connectivity index (χ4n) is 2.24. The Morgan fingerprint density at radius 1 is 0.692 bits per heavy atom. The standard InChI is InChI=1S/C21H27N.2C2H6/c1-8-16(5)12-14-20-18(10-3)19(11-4)21(22(20)7)15-13-17(6)9-2;2*1-2/h8-17H,1-4H2,5-7H3;2*1-2H3/b14-12-,15-13-;;. The number of nitrogens with zero attached hydrogens (tertiary/aromatic N) is 1. The maximum absolute atomic E-state index is 3.96. The van der Waals surface area contributed by atoms with Gasteiger partial charge in [-0.25, -0.2) is 0 Å². The monoisotopic (exact) mass is 353 g/mol. The van der Waals surface area contributed by atoms with Gasteiger partial charge in [-0.05, 0) is 24.0 Å². The maximum Gasteiger partial charge on any atom is 0.0485 e. The molecule has 2 atom stereocenters. The molecule has 0 fully saturated rings. The Balaban J connectivity index is 0. The van der Waals surface area contributed by atoms with Crippen molar-refractivity contribution < 1.29 is 0 Å². The molecule has 0 radical (unpaired) electrons. The smallest absolute Gasteiger partial charge is 0.0485 e. The van der Waals surface area contributed by atoms with Crippen LogP contribution in [-0.4, -0.2) is 4.57 Å². The van der Waals surface area contributed by atoms with Crippen molar-refractivity contribution >= 4 is 24.3 Å². The van der Waals surface area contributed by atoms with Crippen molar-refractivity contribution in [2.24, 2.45) is 18.9 Å². The molecule has 1 aromatic heterocycles. The number of aromatic nitrogens is 1. The average molecular weight is 354 g/mol. The van der Waals surface area contributed by atoms with Crippen LogP contribution in [-0.2, 0) is 7.05 Å². The maximum atomic E-state index is 3.96. The molecule has 26 heavy (non-hydrogen) atoms. The van der Waals surface area contributed by atoms with E-state index in [2.05, 4.69) is 76.1 Å². The number of hydrogen-bond donors (Lipinski definition) is 0. The van der Waals surface area contributed by atoms with E-state index in [0.29, 0.717) is 11.8 Å². The van der Waals surface area contributed by atoms with Crippen LogP contribution in [0.1, 0.15) is 64.1 Å². The lowest BCUT2D eigenvalue weighted by molar-refractivity contribution is 0.890. The second-order valence-electron chi connectivity index (χ2n) is 5.47. The molecule has 1 heteroatoms. The summed E-state index contributed by atoms with van der Waals surface area (Å²) >= 11 is 0. The molecule has 1 aromatic rings. The lowest BCUT2D eigenvalue weighted by Crippen LogP contribution is -1.95. The number of rotatable bonds is 8. The molecule has 1 rings (SSSR count). The fourth-order valence-corrected chi connectivity index (χ4v) is 2.24. The van der Waals surface area contributed by atoms with E-state index in [4.69, 9.17) is 0 Å². The molecule has 144 valence electrons. The average Bonchev–Trinajstić information content (AvgIpc) is 2.97. The quantitative estimate of drug-likeness (QED) is 0.417. The van der Waals surface area contributed by atoms with E-state index < -0.39 is 0 Å². The molecule has 0 aromatic carbocycles. The molecule has 0 saturated carbocycles. The zero-order valence-electron chi connectivity index (χ0n) is 18.0. The van der Waals surface area contributed by atoms with Gasteiger partial charge in [0.2, 0.25) is 0 Å². The molecule has 0 saturated heterocycles. The van der Waals surface area contributed by atoms with Gasteiger partial charge in [-0.2, -0.15) is 0 Å². The van der Waals surface area contributed by atoms with Crippen molar-refractivity contribution in [3.05, 3.63) is 73.1 Å². The molecule has 0 spiro atoms. The third kappa shape index (κ3) is 7.31. The van der Waals surface area contributed by atoms with E-state index in [-0.39, 0.29) is 0 Å². The molecule has 1 nitrogen and oxygen atoms in total. The van der Waals surface area contributed by atoms with Crippen LogP contribution in [0.4, 0.5) is 0 Å². The predicted molar refractivity (Wildman–Crippen MR) is 125 cm³/mol. The third-order valence-electron chi connectivity index (χ3n) is 3.83. The van der Waals surface area contributed by atoms with Gasteiger partial charge in [0.1, 0.15) is 0 Å². The van der Waals surface area contributed by atoms with Crippen molar-refractivity contribution in [1.82, 2.24) is 4.57 Å². The Bertz CT molecular complexity index is 570. The zero-order valence-corrected chi connectivity index (χ0v) is 18.0. The van der Waals surface area contributed by atoms with Crippen LogP contribution in [0.2, 0.25) is 0 Å². The summed E-state index contributed by atoms with van der Waals surface area (Å²) in [5.41, 5.74) is 4.47. The molecule has 0 bridgehead atoms. The van der Waals surface area contributed by atoms with E-state index in [0.717, 1.165) is 22.5 Å². The summed E-state index contributed by atoms with van der Waals surface area (Å²) in [7, 11) is 2.07. The first-order valence-electron chi connectivity index (χ1n) is 9.59. The van der Waals surface area contributed by atoms with E-state index in [1.807, 2.05) is 52.0 Å².